The first kappa shape index (κ1) is 24.7. The molecule has 0 spiro atoms. The third-order valence-corrected chi connectivity index (χ3v) is 7.17. The van der Waals surface area contributed by atoms with E-state index in [-0.39, 0.29) is 5.56 Å². The monoisotopic (exact) mass is 469 g/mol. The second kappa shape index (κ2) is 11.8. The third-order valence-electron chi connectivity index (χ3n) is 7.17. The molecular formula is C31H32FNO2. The van der Waals surface area contributed by atoms with Crippen LogP contribution in [0.4, 0.5) is 4.39 Å². The summed E-state index contributed by atoms with van der Waals surface area (Å²) in [5, 5.41) is 8.88. The van der Waals surface area contributed by atoms with Crippen LogP contribution in [0.1, 0.15) is 85.7 Å². The van der Waals surface area contributed by atoms with Crippen molar-refractivity contribution in [1.29, 1.82) is 5.26 Å². The summed E-state index contributed by atoms with van der Waals surface area (Å²) < 4.78 is 19.4. The Hall–Kier alpha value is -3.45. The highest BCUT2D eigenvalue weighted by Gasteiger charge is 2.22. The predicted octanol–water partition coefficient (Wildman–Crippen LogP) is 8.44. The quantitative estimate of drug-likeness (QED) is 0.189. The van der Waals surface area contributed by atoms with Crippen LogP contribution in [0.5, 0.6) is 5.75 Å². The van der Waals surface area contributed by atoms with Crippen LogP contribution >= 0.6 is 0 Å². The highest BCUT2D eigenvalue weighted by Crippen LogP contribution is 2.37. The lowest BCUT2D eigenvalue weighted by Crippen LogP contribution is -2.14. The molecule has 180 valence electrons. The number of halogens is 1. The van der Waals surface area contributed by atoms with Crippen LogP contribution in [0.25, 0.3) is 11.1 Å². The molecule has 1 aliphatic carbocycles. The Balaban J connectivity index is 1.32. The van der Waals surface area contributed by atoms with Crippen molar-refractivity contribution in [3.63, 3.8) is 0 Å². The molecule has 4 heteroatoms. The highest BCUT2D eigenvalue weighted by atomic mass is 19.1. The summed E-state index contributed by atoms with van der Waals surface area (Å²) in [6, 6.07) is 21.1. The van der Waals surface area contributed by atoms with Crippen molar-refractivity contribution in [3.05, 3.63) is 89.2 Å². The van der Waals surface area contributed by atoms with Crippen LogP contribution < -0.4 is 4.74 Å². The lowest BCUT2D eigenvalue weighted by atomic mass is 9.77. The molecule has 0 atom stereocenters. The van der Waals surface area contributed by atoms with E-state index in [1.54, 1.807) is 30.3 Å². The molecule has 1 saturated carbocycles. The number of rotatable bonds is 8. The van der Waals surface area contributed by atoms with Crippen molar-refractivity contribution in [1.82, 2.24) is 0 Å². The van der Waals surface area contributed by atoms with Crippen molar-refractivity contribution < 1.29 is 13.9 Å². The van der Waals surface area contributed by atoms with Crippen LogP contribution in [0, 0.1) is 23.1 Å². The van der Waals surface area contributed by atoms with Crippen molar-refractivity contribution in [3.8, 4) is 22.9 Å². The second-order valence-corrected chi connectivity index (χ2v) is 9.56. The average molecular weight is 470 g/mol. The second-order valence-electron chi connectivity index (χ2n) is 9.56. The first-order valence-corrected chi connectivity index (χ1v) is 12.7. The molecule has 0 aliphatic heterocycles. The van der Waals surface area contributed by atoms with Gasteiger partial charge in [-0.3, -0.25) is 0 Å². The summed E-state index contributed by atoms with van der Waals surface area (Å²) >= 11 is 0. The molecular weight excluding hydrogens is 437 g/mol. The lowest BCUT2D eigenvalue weighted by molar-refractivity contribution is 0.0734. The number of benzene rings is 3. The number of esters is 1. The Bertz CT molecular complexity index is 1170. The van der Waals surface area contributed by atoms with Crippen molar-refractivity contribution >= 4 is 5.97 Å². The van der Waals surface area contributed by atoms with E-state index in [2.05, 4.69) is 19.1 Å². The van der Waals surface area contributed by atoms with E-state index in [1.165, 1.54) is 69.1 Å². The molecule has 3 aromatic rings. The normalized spacial score (nSPS) is 17.5. The standard InChI is InChI=1S/C31H32FNO2/c1-2-3-4-5-22-6-8-23(9-7-22)24-10-12-26(13-11-24)31(34)35-29-18-16-25(17-19-29)27-14-15-28(21-33)30(32)20-27/h10-20,22-23H,2-9H2,1H3. The molecule has 1 aliphatic rings. The summed E-state index contributed by atoms with van der Waals surface area (Å²) in [6.07, 6.45) is 10.4. The zero-order valence-corrected chi connectivity index (χ0v) is 20.3. The molecule has 0 unspecified atom stereocenters. The molecule has 3 nitrogen and oxygen atoms in total. The number of ether oxygens (including phenoxy) is 1. The van der Waals surface area contributed by atoms with Gasteiger partial charge in [-0.2, -0.15) is 5.26 Å². The van der Waals surface area contributed by atoms with Gasteiger partial charge in [0.1, 0.15) is 17.6 Å². The van der Waals surface area contributed by atoms with E-state index >= 15 is 0 Å². The van der Waals surface area contributed by atoms with Gasteiger partial charge in [0.25, 0.3) is 0 Å². The minimum absolute atomic E-state index is 0.0143. The molecule has 0 amide bonds. The first-order chi connectivity index (χ1) is 17.1. The van der Waals surface area contributed by atoms with E-state index in [1.807, 2.05) is 18.2 Å². The van der Waals surface area contributed by atoms with E-state index in [0.717, 1.165) is 11.5 Å². The summed E-state index contributed by atoms with van der Waals surface area (Å²) in [7, 11) is 0. The van der Waals surface area contributed by atoms with Gasteiger partial charge in [-0.15, -0.1) is 0 Å². The van der Waals surface area contributed by atoms with Crippen LogP contribution in [-0.2, 0) is 0 Å². The van der Waals surface area contributed by atoms with Gasteiger partial charge in [-0.25, -0.2) is 9.18 Å². The number of nitriles is 1. The Morgan fingerprint density at radius 1 is 0.943 bits per heavy atom. The lowest BCUT2D eigenvalue weighted by Gasteiger charge is -2.29. The van der Waals surface area contributed by atoms with Crippen molar-refractivity contribution in [2.24, 2.45) is 5.92 Å². The molecule has 0 saturated heterocycles. The number of carbonyl (C=O) groups is 1. The Labute approximate surface area is 207 Å². The largest absolute Gasteiger partial charge is 0.423 e. The maximum absolute atomic E-state index is 13.9. The molecule has 4 rings (SSSR count). The van der Waals surface area contributed by atoms with Gasteiger partial charge in [0.05, 0.1) is 11.1 Å². The molecule has 35 heavy (non-hydrogen) atoms. The van der Waals surface area contributed by atoms with Crippen LogP contribution in [0.3, 0.4) is 0 Å². The van der Waals surface area contributed by atoms with Crippen LogP contribution in [0.15, 0.2) is 66.7 Å². The van der Waals surface area contributed by atoms with Gasteiger partial charge in [-0.1, -0.05) is 62.9 Å². The highest BCUT2D eigenvalue weighted by molar-refractivity contribution is 5.91. The number of unbranched alkanes of at least 4 members (excludes halogenated alkanes) is 2. The maximum atomic E-state index is 13.9. The van der Waals surface area contributed by atoms with E-state index in [4.69, 9.17) is 10.00 Å². The van der Waals surface area contributed by atoms with Crippen LogP contribution in [-0.4, -0.2) is 5.97 Å². The van der Waals surface area contributed by atoms with Gasteiger partial charge >= 0.3 is 5.97 Å². The summed E-state index contributed by atoms with van der Waals surface area (Å²) in [4.78, 5) is 12.6. The fraction of sp³-hybridized carbons (Fsp3) is 0.355. The fourth-order valence-corrected chi connectivity index (χ4v) is 5.03. The minimum Gasteiger partial charge on any atom is -0.423 e. The molecule has 1 fully saturated rings. The molecule has 0 bridgehead atoms. The summed E-state index contributed by atoms with van der Waals surface area (Å²) in [5.74, 6) is 0.951. The van der Waals surface area contributed by atoms with Crippen LogP contribution in [0.2, 0.25) is 0 Å². The third kappa shape index (κ3) is 6.36. The number of hydrogen-bond donors (Lipinski definition) is 0. The van der Waals surface area contributed by atoms with Crippen molar-refractivity contribution in [2.75, 3.05) is 0 Å². The van der Waals surface area contributed by atoms with Gasteiger partial charge in [0.2, 0.25) is 0 Å². The SMILES string of the molecule is CCCCCC1CCC(c2ccc(C(=O)Oc3ccc(-c4ccc(C#N)c(F)c4)cc3)cc2)CC1. The maximum Gasteiger partial charge on any atom is 0.343 e. The van der Waals surface area contributed by atoms with Gasteiger partial charge in [0.15, 0.2) is 0 Å². The molecule has 0 N–H and O–H groups in total. The molecule has 0 aromatic heterocycles. The van der Waals surface area contributed by atoms with Gasteiger partial charge in [0, 0.05) is 0 Å². The first-order valence-electron chi connectivity index (χ1n) is 12.7. The zero-order chi connectivity index (χ0) is 24.6. The minimum atomic E-state index is -0.552. The zero-order valence-electron chi connectivity index (χ0n) is 20.3. The van der Waals surface area contributed by atoms with Gasteiger partial charge in [-0.05, 0) is 90.6 Å². The fourth-order valence-electron chi connectivity index (χ4n) is 5.03. The van der Waals surface area contributed by atoms with E-state index in [0.29, 0.717) is 22.8 Å². The topological polar surface area (TPSA) is 50.1 Å². The van der Waals surface area contributed by atoms with Gasteiger partial charge < -0.3 is 4.74 Å². The predicted molar refractivity (Wildman–Crippen MR) is 137 cm³/mol. The average Bonchev–Trinajstić information content (AvgIpc) is 2.90. The van der Waals surface area contributed by atoms with E-state index < -0.39 is 11.8 Å². The Morgan fingerprint density at radius 2 is 1.63 bits per heavy atom. The molecule has 0 radical (unpaired) electrons. The summed E-state index contributed by atoms with van der Waals surface area (Å²) in [5.41, 5.74) is 3.29. The Kier molecular flexibility index (Phi) is 8.32. The Morgan fingerprint density at radius 3 is 2.26 bits per heavy atom. The summed E-state index contributed by atoms with van der Waals surface area (Å²) in [6.45, 7) is 2.26. The smallest absolute Gasteiger partial charge is 0.343 e. The number of carbonyl (C=O) groups excluding carboxylic acids is 1. The number of nitrogens with zero attached hydrogens (tertiary/aromatic N) is 1. The number of hydrogen-bond acceptors (Lipinski definition) is 3. The molecule has 0 heterocycles. The van der Waals surface area contributed by atoms with Crippen molar-refractivity contribution in [2.45, 2.75) is 64.2 Å². The van der Waals surface area contributed by atoms with E-state index in [9.17, 15) is 9.18 Å². The molecule has 3 aromatic carbocycles.